The molecular weight excluding hydrogens is 354 g/mol. The fourth-order valence-corrected chi connectivity index (χ4v) is 3.26. The quantitative estimate of drug-likeness (QED) is 0.714. The molecule has 0 unspecified atom stereocenters. The molecular formula is C22H25N3O3. The van der Waals surface area contributed by atoms with Crippen LogP contribution in [0.1, 0.15) is 40.7 Å². The van der Waals surface area contributed by atoms with Crippen LogP contribution in [0.15, 0.2) is 54.6 Å². The summed E-state index contributed by atoms with van der Waals surface area (Å²) in [6, 6.07) is 17.0. The van der Waals surface area contributed by atoms with Crippen molar-refractivity contribution in [1.82, 2.24) is 9.80 Å². The Bertz CT molecular complexity index is 818. The smallest absolute Gasteiger partial charge is 0.254 e. The first-order chi connectivity index (χ1) is 13.6. The van der Waals surface area contributed by atoms with Crippen LogP contribution in [-0.2, 0) is 22.7 Å². The number of hydrogen-bond donors (Lipinski definition) is 1. The van der Waals surface area contributed by atoms with Gasteiger partial charge in [-0.1, -0.05) is 42.5 Å². The van der Waals surface area contributed by atoms with Crippen molar-refractivity contribution in [3.05, 3.63) is 71.3 Å². The van der Waals surface area contributed by atoms with Gasteiger partial charge in [-0.15, -0.1) is 0 Å². The van der Waals surface area contributed by atoms with Gasteiger partial charge in [0, 0.05) is 31.5 Å². The third-order valence-corrected chi connectivity index (χ3v) is 4.83. The maximum Gasteiger partial charge on any atom is 0.254 e. The molecule has 3 rings (SSSR count). The highest BCUT2D eigenvalue weighted by atomic mass is 16.2. The fourth-order valence-electron chi connectivity index (χ4n) is 3.26. The Morgan fingerprint density at radius 3 is 2.18 bits per heavy atom. The predicted octanol–water partition coefficient (Wildman–Crippen LogP) is 2.33. The van der Waals surface area contributed by atoms with Crippen LogP contribution in [-0.4, -0.2) is 40.6 Å². The number of likely N-dealkylation sites (tertiary alicyclic amines) is 1. The molecule has 2 aromatic carbocycles. The summed E-state index contributed by atoms with van der Waals surface area (Å²) in [6.07, 6.45) is 1.30. The number of carbonyl (C=O) groups is 3. The normalized spacial score (nSPS) is 13.8. The van der Waals surface area contributed by atoms with E-state index in [9.17, 15) is 14.4 Å². The molecule has 6 heteroatoms. The Hall–Kier alpha value is -2.99. The van der Waals surface area contributed by atoms with Crippen LogP contribution in [0.25, 0.3) is 0 Å². The average Bonchev–Trinajstić information content (AvgIpc) is 3.04. The fraction of sp³-hybridized carbons (Fsp3) is 0.318. The number of nitrogens with two attached hydrogens (primary N) is 1. The van der Waals surface area contributed by atoms with E-state index in [0.29, 0.717) is 25.2 Å². The molecule has 0 atom stereocenters. The molecule has 1 fully saturated rings. The molecule has 2 N–H and O–H groups in total. The molecule has 1 saturated heterocycles. The zero-order valence-corrected chi connectivity index (χ0v) is 15.8. The van der Waals surface area contributed by atoms with Crippen LogP contribution in [0.5, 0.6) is 0 Å². The van der Waals surface area contributed by atoms with E-state index in [0.717, 1.165) is 17.5 Å². The minimum Gasteiger partial charge on any atom is -0.334 e. The van der Waals surface area contributed by atoms with Crippen molar-refractivity contribution in [2.45, 2.75) is 32.4 Å². The van der Waals surface area contributed by atoms with Crippen LogP contribution in [0.3, 0.4) is 0 Å². The number of amides is 3. The predicted molar refractivity (Wildman–Crippen MR) is 106 cm³/mol. The third-order valence-electron chi connectivity index (χ3n) is 4.83. The number of imide groups is 1. The van der Waals surface area contributed by atoms with E-state index in [1.807, 2.05) is 30.3 Å². The van der Waals surface area contributed by atoms with Crippen LogP contribution in [0.2, 0.25) is 0 Å². The van der Waals surface area contributed by atoms with Crippen molar-refractivity contribution in [2.24, 2.45) is 5.73 Å². The minimum absolute atomic E-state index is 0.0582. The monoisotopic (exact) mass is 379 g/mol. The molecule has 0 aliphatic carbocycles. The second kappa shape index (κ2) is 9.28. The number of hydrogen-bond acceptors (Lipinski definition) is 4. The third kappa shape index (κ3) is 4.84. The molecule has 28 heavy (non-hydrogen) atoms. The highest BCUT2D eigenvalue weighted by molar-refractivity contribution is 6.01. The Kier molecular flexibility index (Phi) is 6.55. The highest BCUT2D eigenvalue weighted by Crippen LogP contribution is 2.17. The molecule has 146 valence electrons. The summed E-state index contributed by atoms with van der Waals surface area (Å²) >= 11 is 0. The topological polar surface area (TPSA) is 83.7 Å². The largest absolute Gasteiger partial charge is 0.334 e. The van der Waals surface area contributed by atoms with Crippen molar-refractivity contribution in [3.8, 4) is 0 Å². The number of nitrogens with zero attached hydrogens (tertiary/aromatic N) is 2. The van der Waals surface area contributed by atoms with Gasteiger partial charge in [-0.3, -0.25) is 19.3 Å². The maximum absolute atomic E-state index is 13.0. The van der Waals surface area contributed by atoms with Gasteiger partial charge in [0.25, 0.3) is 5.91 Å². The zero-order chi connectivity index (χ0) is 19.9. The number of carbonyl (C=O) groups excluding carboxylic acids is 3. The van der Waals surface area contributed by atoms with Crippen molar-refractivity contribution >= 4 is 17.7 Å². The molecule has 3 amide bonds. The summed E-state index contributed by atoms with van der Waals surface area (Å²) in [4.78, 5) is 39.6. The Balaban J connectivity index is 1.70. The van der Waals surface area contributed by atoms with Crippen LogP contribution < -0.4 is 5.73 Å². The number of rotatable bonds is 8. The minimum atomic E-state index is -0.138. The lowest BCUT2D eigenvalue weighted by Gasteiger charge is -2.23. The van der Waals surface area contributed by atoms with Gasteiger partial charge in [0.2, 0.25) is 11.8 Å². The Morgan fingerprint density at radius 2 is 1.57 bits per heavy atom. The van der Waals surface area contributed by atoms with Crippen molar-refractivity contribution in [1.29, 1.82) is 0 Å². The van der Waals surface area contributed by atoms with Gasteiger partial charge < -0.3 is 10.6 Å². The summed E-state index contributed by atoms with van der Waals surface area (Å²) in [7, 11) is 0. The Labute approximate surface area is 164 Å². The molecule has 1 heterocycles. The van der Waals surface area contributed by atoms with Crippen molar-refractivity contribution in [3.63, 3.8) is 0 Å². The lowest BCUT2D eigenvalue weighted by Crippen LogP contribution is -2.32. The maximum atomic E-state index is 13.0. The summed E-state index contributed by atoms with van der Waals surface area (Å²) in [5.74, 6) is -0.334. The van der Waals surface area contributed by atoms with E-state index in [1.54, 1.807) is 29.2 Å². The molecule has 6 nitrogen and oxygen atoms in total. The first-order valence-electron chi connectivity index (χ1n) is 9.54. The molecule has 1 aliphatic heterocycles. The molecule has 0 saturated carbocycles. The van der Waals surface area contributed by atoms with Crippen LogP contribution >= 0.6 is 0 Å². The van der Waals surface area contributed by atoms with Gasteiger partial charge in [-0.25, -0.2) is 0 Å². The van der Waals surface area contributed by atoms with Gasteiger partial charge in [0.05, 0.1) is 6.54 Å². The molecule has 0 radical (unpaired) electrons. The average molecular weight is 379 g/mol. The second-order valence-electron chi connectivity index (χ2n) is 6.93. The van der Waals surface area contributed by atoms with E-state index < -0.39 is 0 Å². The highest BCUT2D eigenvalue weighted by Gasteiger charge is 2.28. The van der Waals surface area contributed by atoms with Crippen molar-refractivity contribution in [2.75, 3.05) is 13.1 Å². The Morgan fingerprint density at radius 1 is 0.929 bits per heavy atom. The molecule has 0 aromatic heterocycles. The van der Waals surface area contributed by atoms with Gasteiger partial charge in [0.15, 0.2) is 0 Å². The van der Waals surface area contributed by atoms with E-state index >= 15 is 0 Å². The zero-order valence-electron chi connectivity index (χ0n) is 15.8. The number of benzene rings is 2. The summed E-state index contributed by atoms with van der Waals surface area (Å²) in [5, 5.41) is 0. The molecule has 2 aromatic rings. The molecule has 1 aliphatic rings. The summed E-state index contributed by atoms with van der Waals surface area (Å²) < 4.78 is 0. The summed E-state index contributed by atoms with van der Waals surface area (Å²) in [6.45, 7) is 1.89. The lowest BCUT2D eigenvalue weighted by atomic mass is 10.1. The van der Waals surface area contributed by atoms with Crippen LogP contribution in [0, 0.1) is 0 Å². The summed E-state index contributed by atoms with van der Waals surface area (Å²) in [5.41, 5.74) is 8.11. The van der Waals surface area contributed by atoms with E-state index in [4.69, 9.17) is 5.73 Å². The van der Waals surface area contributed by atoms with Gasteiger partial charge in [-0.2, -0.15) is 0 Å². The second-order valence-corrected chi connectivity index (χ2v) is 6.93. The first kappa shape index (κ1) is 19.8. The standard InChI is InChI=1S/C22H25N3O3/c23-13-4-14-24(15-17-5-2-1-3-6-17)22(28)19-9-7-18(8-10-19)16-25-20(26)11-12-21(25)27/h1-3,5-10H,4,11-16,23H2. The first-order valence-corrected chi connectivity index (χ1v) is 9.54. The van der Waals surface area contributed by atoms with E-state index in [-0.39, 0.29) is 37.1 Å². The van der Waals surface area contributed by atoms with Crippen molar-refractivity contribution < 1.29 is 14.4 Å². The van der Waals surface area contributed by atoms with Gasteiger partial charge >= 0.3 is 0 Å². The van der Waals surface area contributed by atoms with Crippen LogP contribution in [0.4, 0.5) is 0 Å². The van der Waals surface area contributed by atoms with E-state index in [1.165, 1.54) is 4.90 Å². The van der Waals surface area contributed by atoms with Gasteiger partial charge in [-0.05, 0) is 36.2 Å². The molecule has 0 bridgehead atoms. The van der Waals surface area contributed by atoms with Gasteiger partial charge in [0.1, 0.15) is 0 Å². The molecule has 0 spiro atoms. The van der Waals surface area contributed by atoms with E-state index in [2.05, 4.69) is 0 Å². The lowest BCUT2D eigenvalue weighted by molar-refractivity contribution is -0.139. The SMILES string of the molecule is NCCCN(Cc1ccccc1)C(=O)c1ccc(CN2C(=O)CCC2=O)cc1.